The van der Waals surface area contributed by atoms with E-state index in [4.69, 9.17) is 0 Å². The number of nitrogens with one attached hydrogen (secondary N) is 2. The number of nitrogens with zero attached hydrogens (tertiary/aromatic N) is 1. The first kappa shape index (κ1) is 12.6. The summed E-state index contributed by atoms with van der Waals surface area (Å²) in [6.45, 7) is 1.07. The van der Waals surface area contributed by atoms with Crippen LogP contribution >= 0.6 is 0 Å². The van der Waals surface area contributed by atoms with Gasteiger partial charge in [0.1, 0.15) is 5.82 Å². The molecule has 102 valence electrons. The Morgan fingerprint density at radius 3 is 2.95 bits per heavy atom. The van der Waals surface area contributed by atoms with Gasteiger partial charge in [0.25, 0.3) is 0 Å². The van der Waals surface area contributed by atoms with Crippen LogP contribution in [0.25, 0.3) is 11.0 Å². The van der Waals surface area contributed by atoms with Gasteiger partial charge in [-0.25, -0.2) is 13.4 Å². The zero-order valence-corrected chi connectivity index (χ0v) is 11.6. The minimum atomic E-state index is -3.17. The number of benzene rings is 1. The minimum Gasteiger partial charge on any atom is -0.342 e. The Labute approximate surface area is 112 Å². The molecule has 1 aromatic carbocycles. The molecule has 0 saturated carbocycles. The summed E-state index contributed by atoms with van der Waals surface area (Å²) in [6.07, 6.45) is 4.46. The van der Waals surface area contributed by atoms with Crippen molar-refractivity contribution in [3.63, 3.8) is 0 Å². The highest BCUT2D eigenvalue weighted by molar-refractivity contribution is 7.90. The average molecular weight is 279 g/mol. The molecule has 5 nitrogen and oxygen atoms in total. The van der Waals surface area contributed by atoms with Gasteiger partial charge >= 0.3 is 0 Å². The zero-order chi connectivity index (χ0) is 13.5. The first-order valence-electron chi connectivity index (χ1n) is 6.44. The van der Waals surface area contributed by atoms with Crippen LogP contribution in [0.2, 0.25) is 0 Å². The van der Waals surface area contributed by atoms with E-state index in [1.54, 1.807) is 18.2 Å². The molecule has 1 atom stereocenters. The molecule has 19 heavy (non-hydrogen) atoms. The summed E-state index contributed by atoms with van der Waals surface area (Å²) in [7, 11) is -3.17. The fraction of sp³-hybridized carbons (Fsp3) is 0.462. The van der Waals surface area contributed by atoms with E-state index in [1.165, 1.54) is 19.1 Å². The van der Waals surface area contributed by atoms with E-state index in [2.05, 4.69) is 15.3 Å². The number of H-pyrrole nitrogens is 1. The largest absolute Gasteiger partial charge is 0.342 e. The third-order valence-electron chi connectivity index (χ3n) is 3.53. The van der Waals surface area contributed by atoms with Gasteiger partial charge in [0.15, 0.2) is 9.84 Å². The second-order valence-electron chi connectivity index (χ2n) is 5.13. The minimum absolute atomic E-state index is 0.328. The zero-order valence-electron chi connectivity index (χ0n) is 10.8. The van der Waals surface area contributed by atoms with Gasteiger partial charge in [0.2, 0.25) is 0 Å². The lowest BCUT2D eigenvalue weighted by molar-refractivity contribution is 0.589. The standard InChI is InChI=1S/C13H17N3O2S/c1-19(17,18)10-4-5-11-12(8-10)16-13(15-11)7-9-3-2-6-14-9/h4-5,8-9,14H,2-3,6-7H2,1H3,(H,15,16). The summed E-state index contributed by atoms with van der Waals surface area (Å²) in [5, 5.41) is 3.43. The van der Waals surface area contributed by atoms with Crippen molar-refractivity contribution in [1.29, 1.82) is 0 Å². The lowest BCUT2D eigenvalue weighted by Crippen LogP contribution is -2.24. The van der Waals surface area contributed by atoms with Crippen LogP contribution in [0.15, 0.2) is 23.1 Å². The topological polar surface area (TPSA) is 74.8 Å². The highest BCUT2D eigenvalue weighted by Crippen LogP contribution is 2.19. The second-order valence-corrected chi connectivity index (χ2v) is 7.15. The Bertz CT molecular complexity index is 700. The van der Waals surface area contributed by atoms with Crippen LogP contribution in [0.4, 0.5) is 0 Å². The number of hydrogen-bond acceptors (Lipinski definition) is 4. The molecule has 2 aromatic rings. The van der Waals surface area contributed by atoms with Gasteiger partial charge in [-0.15, -0.1) is 0 Å². The second kappa shape index (κ2) is 4.61. The Morgan fingerprint density at radius 2 is 2.26 bits per heavy atom. The molecule has 0 spiro atoms. The van der Waals surface area contributed by atoms with Crippen molar-refractivity contribution in [2.45, 2.75) is 30.2 Å². The van der Waals surface area contributed by atoms with Gasteiger partial charge in [0, 0.05) is 18.7 Å². The van der Waals surface area contributed by atoms with Crippen LogP contribution in [0, 0.1) is 0 Å². The molecular weight excluding hydrogens is 262 g/mol. The van der Waals surface area contributed by atoms with Gasteiger partial charge in [-0.3, -0.25) is 0 Å². The monoisotopic (exact) mass is 279 g/mol. The van der Waals surface area contributed by atoms with Gasteiger partial charge < -0.3 is 10.3 Å². The molecular formula is C13H17N3O2S. The first-order chi connectivity index (χ1) is 9.02. The molecule has 0 bridgehead atoms. The highest BCUT2D eigenvalue weighted by atomic mass is 32.2. The Morgan fingerprint density at radius 1 is 1.42 bits per heavy atom. The number of aromatic nitrogens is 2. The van der Waals surface area contributed by atoms with E-state index in [0.717, 1.165) is 29.8 Å². The molecule has 1 aliphatic rings. The molecule has 2 heterocycles. The van der Waals surface area contributed by atoms with Crippen LogP contribution < -0.4 is 5.32 Å². The predicted octanol–water partition coefficient (Wildman–Crippen LogP) is 1.26. The SMILES string of the molecule is CS(=O)(=O)c1ccc2nc(CC3CCCN3)[nH]c2c1. The van der Waals surface area contributed by atoms with Crippen molar-refractivity contribution in [2.75, 3.05) is 12.8 Å². The van der Waals surface area contributed by atoms with Crippen molar-refractivity contribution in [1.82, 2.24) is 15.3 Å². The molecule has 0 radical (unpaired) electrons. The molecule has 0 amide bonds. The molecule has 1 saturated heterocycles. The number of sulfone groups is 1. The smallest absolute Gasteiger partial charge is 0.175 e. The fourth-order valence-corrected chi connectivity index (χ4v) is 3.18. The van der Waals surface area contributed by atoms with Crippen LogP contribution in [0.5, 0.6) is 0 Å². The van der Waals surface area contributed by atoms with Crippen molar-refractivity contribution >= 4 is 20.9 Å². The average Bonchev–Trinajstić information content (AvgIpc) is 2.95. The molecule has 1 unspecified atom stereocenters. The number of imidazole rings is 1. The predicted molar refractivity (Wildman–Crippen MR) is 73.9 cm³/mol. The van der Waals surface area contributed by atoms with Gasteiger partial charge in [0.05, 0.1) is 15.9 Å². The molecule has 1 aromatic heterocycles. The summed E-state index contributed by atoms with van der Waals surface area (Å²) in [6, 6.07) is 5.50. The number of hydrogen-bond donors (Lipinski definition) is 2. The van der Waals surface area contributed by atoms with E-state index >= 15 is 0 Å². The maximum absolute atomic E-state index is 11.5. The van der Waals surface area contributed by atoms with E-state index < -0.39 is 9.84 Å². The lowest BCUT2D eigenvalue weighted by atomic mass is 10.1. The van der Waals surface area contributed by atoms with E-state index in [9.17, 15) is 8.42 Å². The third-order valence-corrected chi connectivity index (χ3v) is 4.64. The van der Waals surface area contributed by atoms with E-state index in [1.807, 2.05) is 0 Å². The highest BCUT2D eigenvalue weighted by Gasteiger charge is 2.17. The van der Waals surface area contributed by atoms with Gasteiger partial charge in [-0.2, -0.15) is 0 Å². The number of aromatic amines is 1. The normalized spacial score (nSPS) is 20.2. The van der Waals surface area contributed by atoms with Crippen molar-refractivity contribution < 1.29 is 8.42 Å². The summed E-state index contributed by atoms with van der Waals surface area (Å²) in [5.74, 6) is 0.917. The Kier molecular flexibility index (Phi) is 3.06. The Hall–Kier alpha value is -1.40. The Balaban J connectivity index is 1.92. The fourth-order valence-electron chi connectivity index (χ4n) is 2.53. The maximum atomic E-state index is 11.5. The molecule has 2 N–H and O–H groups in total. The van der Waals surface area contributed by atoms with Crippen molar-refractivity contribution in [3.8, 4) is 0 Å². The summed E-state index contributed by atoms with van der Waals surface area (Å²) >= 11 is 0. The van der Waals surface area contributed by atoms with Crippen LogP contribution in [0.3, 0.4) is 0 Å². The van der Waals surface area contributed by atoms with Crippen LogP contribution in [-0.2, 0) is 16.3 Å². The first-order valence-corrected chi connectivity index (χ1v) is 8.33. The summed E-state index contributed by atoms with van der Waals surface area (Å²) in [4.78, 5) is 8.06. The summed E-state index contributed by atoms with van der Waals surface area (Å²) < 4.78 is 23.0. The quantitative estimate of drug-likeness (QED) is 0.887. The van der Waals surface area contributed by atoms with E-state index in [0.29, 0.717) is 10.9 Å². The van der Waals surface area contributed by atoms with Crippen molar-refractivity contribution in [2.24, 2.45) is 0 Å². The number of fused-ring (bicyclic) bond motifs is 1. The molecule has 0 aliphatic carbocycles. The van der Waals surface area contributed by atoms with Crippen LogP contribution in [-0.4, -0.2) is 37.2 Å². The molecule has 6 heteroatoms. The lowest BCUT2D eigenvalue weighted by Gasteiger charge is -2.06. The molecule has 3 rings (SSSR count). The number of rotatable bonds is 3. The third kappa shape index (κ3) is 2.64. The maximum Gasteiger partial charge on any atom is 0.175 e. The van der Waals surface area contributed by atoms with Crippen LogP contribution in [0.1, 0.15) is 18.7 Å². The van der Waals surface area contributed by atoms with Gasteiger partial charge in [-0.1, -0.05) is 0 Å². The van der Waals surface area contributed by atoms with E-state index in [-0.39, 0.29) is 0 Å². The van der Waals surface area contributed by atoms with Gasteiger partial charge in [-0.05, 0) is 37.6 Å². The van der Waals surface area contributed by atoms with Crippen molar-refractivity contribution in [3.05, 3.63) is 24.0 Å². The molecule has 1 aliphatic heterocycles. The summed E-state index contributed by atoms with van der Waals surface area (Å²) in [5.41, 5.74) is 1.61. The molecule has 1 fully saturated rings.